The van der Waals surface area contributed by atoms with E-state index in [9.17, 15) is 14.4 Å². The zero-order chi connectivity index (χ0) is 21.2. The lowest BCUT2D eigenvalue weighted by atomic mass is 9.83. The zero-order valence-corrected chi connectivity index (χ0v) is 17.9. The van der Waals surface area contributed by atoms with E-state index in [-0.39, 0.29) is 22.6 Å². The highest BCUT2D eigenvalue weighted by molar-refractivity contribution is 8.18. The van der Waals surface area contributed by atoms with Gasteiger partial charge in [0.1, 0.15) is 0 Å². The van der Waals surface area contributed by atoms with Crippen molar-refractivity contribution in [2.75, 3.05) is 0 Å². The molecule has 2 aromatic rings. The number of carboxylic acid groups (broad SMARTS) is 1. The third-order valence-corrected chi connectivity index (χ3v) is 6.43. The Morgan fingerprint density at radius 2 is 2.00 bits per heavy atom. The van der Waals surface area contributed by atoms with Crippen LogP contribution in [-0.2, 0) is 11.2 Å². The molecule has 29 heavy (non-hydrogen) atoms. The molecule has 1 aromatic carbocycles. The fourth-order valence-corrected chi connectivity index (χ4v) is 4.64. The summed E-state index contributed by atoms with van der Waals surface area (Å²) in [5.74, 6) is -0.365. The molecule has 8 heteroatoms. The maximum Gasteiger partial charge on any atom is 0.404 e. The van der Waals surface area contributed by atoms with Gasteiger partial charge in [0.25, 0.3) is 11.1 Å². The van der Waals surface area contributed by atoms with Gasteiger partial charge >= 0.3 is 6.09 Å². The van der Waals surface area contributed by atoms with E-state index in [2.05, 4.69) is 16.7 Å². The number of thioether (sulfide) groups is 1. The van der Waals surface area contributed by atoms with E-state index in [0.717, 1.165) is 32.6 Å². The van der Waals surface area contributed by atoms with Crippen molar-refractivity contribution in [3.63, 3.8) is 0 Å². The zero-order valence-electron chi connectivity index (χ0n) is 16.3. The molecule has 1 unspecified atom stereocenters. The van der Waals surface area contributed by atoms with Crippen LogP contribution < -0.4 is 10.6 Å². The fraction of sp³-hybridized carbons (Fsp3) is 0.286. The molecule has 0 radical (unpaired) electrons. The van der Waals surface area contributed by atoms with Gasteiger partial charge < -0.3 is 10.4 Å². The van der Waals surface area contributed by atoms with Crippen molar-refractivity contribution < 1.29 is 19.5 Å². The summed E-state index contributed by atoms with van der Waals surface area (Å²) in [6.07, 6.45) is 1.28. The molecule has 1 aromatic heterocycles. The molecule has 3 rings (SSSR count). The lowest BCUT2D eigenvalue weighted by molar-refractivity contribution is -0.115. The summed E-state index contributed by atoms with van der Waals surface area (Å²) in [7, 11) is 0. The molecule has 1 aliphatic heterocycles. The number of imide groups is 1. The van der Waals surface area contributed by atoms with Gasteiger partial charge in [-0.25, -0.2) is 4.79 Å². The summed E-state index contributed by atoms with van der Waals surface area (Å²) in [6, 6.07) is 11.7. The van der Waals surface area contributed by atoms with Gasteiger partial charge in [-0.3, -0.25) is 14.9 Å². The number of carbonyl (C=O) groups is 3. The van der Waals surface area contributed by atoms with E-state index in [1.54, 1.807) is 6.08 Å². The normalized spacial score (nSPS) is 16.7. The predicted molar refractivity (Wildman–Crippen MR) is 117 cm³/mol. The van der Waals surface area contributed by atoms with Gasteiger partial charge in [-0.05, 0) is 52.9 Å². The number of thiophene rings is 1. The molecule has 0 saturated carbocycles. The smallest absolute Gasteiger partial charge is 0.404 e. The highest BCUT2D eigenvalue weighted by Crippen LogP contribution is 2.33. The molecule has 3 N–H and O–H groups in total. The van der Waals surface area contributed by atoms with Crippen LogP contribution in [0.5, 0.6) is 0 Å². The van der Waals surface area contributed by atoms with Crippen molar-refractivity contribution in [1.82, 2.24) is 10.6 Å². The predicted octanol–water partition coefficient (Wildman–Crippen LogP) is 4.96. The summed E-state index contributed by atoms with van der Waals surface area (Å²) < 4.78 is 0. The van der Waals surface area contributed by atoms with Crippen LogP contribution in [0.1, 0.15) is 31.2 Å². The molecule has 2 heterocycles. The molecule has 0 spiro atoms. The Morgan fingerprint density at radius 3 is 2.62 bits per heavy atom. The summed E-state index contributed by atoms with van der Waals surface area (Å²) in [5, 5.41) is 13.7. The maximum absolute atomic E-state index is 11.7. The quantitative estimate of drug-likeness (QED) is 0.583. The van der Waals surface area contributed by atoms with Crippen LogP contribution in [0.2, 0.25) is 0 Å². The lowest BCUT2D eigenvalue weighted by Gasteiger charge is -2.30. The van der Waals surface area contributed by atoms with Crippen LogP contribution in [0.25, 0.3) is 16.5 Å². The minimum atomic E-state index is -1.02. The van der Waals surface area contributed by atoms with E-state index >= 15 is 0 Å². The molecule has 0 aliphatic carbocycles. The second kappa shape index (κ2) is 8.42. The molecular formula is C21H22N2O4S2. The number of carbonyl (C=O) groups excluding carboxylic acids is 2. The van der Waals surface area contributed by atoms with Crippen LogP contribution >= 0.6 is 23.1 Å². The van der Waals surface area contributed by atoms with E-state index < -0.39 is 6.09 Å². The minimum absolute atomic E-state index is 0.214. The average Bonchev–Trinajstić information content (AvgIpc) is 3.20. The molecular weight excluding hydrogens is 408 g/mol. The number of hydrogen-bond donors (Lipinski definition) is 3. The van der Waals surface area contributed by atoms with Crippen LogP contribution in [0.3, 0.4) is 0 Å². The van der Waals surface area contributed by atoms with Crippen molar-refractivity contribution in [3.8, 4) is 10.4 Å². The van der Waals surface area contributed by atoms with Crippen molar-refractivity contribution in [1.29, 1.82) is 0 Å². The highest BCUT2D eigenvalue weighted by Gasteiger charge is 2.27. The van der Waals surface area contributed by atoms with Gasteiger partial charge in [-0.2, -0.15) is 0 Å². The third kappa shape index (κ3) is 5.48. The van der Waals surface area contributed by atoms with Crippen LogP contribution in [0, 0.1) is 5.41 Å². The molecule has 6 nitrogen and oxygen atoms in total. The van der Waals surface area contributed by atoms with E-state index in [1.165, 1.54) is 11.3 Å². The number of nitrogens with one attached hydrogen (secondary N) is 2. The number of rotatable bonds is 5. The first kappa shape index (κ1) is 21.1. The Labute approximate surface area is 177 Å². The maximum atomic E-state index is 11.7. The second-order valence-electron chi connectivity index (χ2n) is 7.83. The molecule has 1 aliphatic rings. The van der Waals surface area contributed by atoms with Crippen molar-refractivity contribution in [2.45, 2.75) is 33.2 Å². The van der Waals surface area contributed by atoms with Gasteiger partial charge in [-0.1, -0.05) is 45.0 Å². The fourth-order valence-electron chi connectivity index (χ4n) is 2.95. The number of hydrogen-bond acceptors (Lipinski definition) is 5. The Balaban J connectivity index is 1.80. The summed E-state index contributed by atoms with van der Waals surface area (Å²) in [6.45, 7) is 6.04. The SMILES string of the molecule is CC(C)(C)C(Cc1cccc(-c2ccc(C=C3SC(=O)NC3=O)s2)c1)NC(=O)O. The molecule has 152 valence electrons. The Hall–Kier alpha value is -2.58. The Bertz CT molecular complexity index is 989. The standard InChI is InChI=1S/C21H22N2O4S2/c1-21(2,3)17(22-19(25)26)10-12-5-4-6-13(9-12)15-8-7-14(28-15)11-16-18(24)23-20(27)29-16/h4-9,11,17,22H,10H2,1-3H3,(H,25,26)(H,23,24,27). The Morgan fingerprint density at radius 1 is 1.24 bits per heavy atom. The van der Waals surface area contributed by atoms with Gasteiger partial charge in [0, 0.05) is 15.8 Å². The van der Waals surface area contributed by atoms with Gasteiger partial charge in [-0.15, -0.1) is 11.3 Å². The summed E-state index contributed by atoms with van der Waals surface area (Å²) in [4.78, 5) is 36.5. The van der Waals surface area contributed by atoms with Gasteiger partial charge in [0.15, 0.2) is 0 Å². The van der Waals surface area contributed by atoms with Crippen LogP contribution in [0.15, 0.2) is 41.3 Å². The first-order chi connectivity index (χ1) is 13.6. The first-order valence-corrected chi connectivity index (χ1v) is 10.7. The first-order valence-electron chi connectivity index (χ1n) is 9.05. The number of amides is 3. The topological polar surface area (TPSA) is 95.5 Å². The average molecular weight is 431 g/mol. The third-order valence-electron chi connectivity index (χ3n) is 4.54. The molecule has 1 atom stereocenters. The Kier molecular flexibility index (Phi) is 6.14. The van der Waals surface area contributed by atoms with E-state index in [1.807, 2.05) is 51.1 Å². The lowest BCUT2D eigenvalue weighted by Crippen LogP contribution is -2.44. The van der Waals surface area contributed by atoms with Crippen molar-refractivity contribution in [2.24, 2.45) is 5.41 Å². The van der Waals surface area contributed by atoms with E-state index in [0.29, 0.717) is 11.3 Å². The summed E-state index contributed by atoms with van der Waals surface area (Å²) in [5.41, 5.74) is 1.86. The molecule has 1 fully saturated rings. The second-order valence-corrected chi connectivity index (χ2v) is 9.96. The molecule has 0 bridgehead atoms. The molecule has 3 amide bonds. The largest absolute Gasteiger partial charge is 0.465 e. The monoisotopic (exact) mass is 430 g/mol. The highest BCUT2D eigenvalue weighted by atomic mass is 32.2. The van der Waals surface area contributed by atoms with Crippen molar-refractivity contribution >= 4 is 46.4 Å². The van der Waals surface area contributed by atoms with Gasteiger partial charge in [0.05, 0.1) is 4.91 Å². The number of benzene rings is 1. The van der Waals surface area contributed by atoms with Crippen molar-refractivity contribution in [3.05, 3.63) is 51.7 Å². The summed E-state index contributed by atoms with van der Waals surface area (Å²) >= 11 is 2.43. The van der Waals surface area contributed by atoms with Crippen LogP contribution in [-0.4, -0.2) is 28.4 Å². The van der Waals surface area contributed by atoms with E-state index in [4.69, 9.17) is 5.11 Å². The van der Waals surface area contributed by atoms with Gasteiger partial charge in [0.2, 0.25) is 0 Å². The van der Waals surface area contributed by atoms with Crippen LogP contribution in [0.4, 0.5) is 9.59 Å². The minimum Gasteiger partial charge on any atom is -0.465 e. The molecule has 1 saturated heterocycles.